The summed E-state index contributed by atoms with van der Waals surface area (Å²) in [4.78, 5) is 33.5. The topological polar surface area (TPSA) is 82.8 Å². The molecule has 0 aliphatic carbocycles. The maximum absolute atomic E-state index is 12.2. The Hall–Kier alpha value is -2.00. The van der Waals surface area contributed by atoms with Gasteiger partial charge in [0.15, 0.2) is 0 Å². The van der Waals surface area contributed by atoms with E-state index in [1.807, 2.05) is 0 Å². The summed E-state index contributed by atoms with van der Waals surface area (Å²) >= 11 is 1.32. The lowest BCUT2D eigenvalue weighted by molar-refractivity contribution is -0.119. The summed E-state index contributed by atoms with van der Waals surface area (Å²) in [7, 11) is 1.80. The summed E-state index contributed by atoms with van der Waals surface area (Å²) in [5.41, 5.74) is 0.611. The van der Waals surface area contributed by atoms with Gasteiger partial charge in [-0.15, -0.1) is 5.10 Å². The third-order valence-corrected chi connectivity index (χ3v) is 5.47. The van der Waals surface area contributed by atoms with Crippen LogP contribution < -0.4 is 15.8 Å². The van der Waals surface area contributed by atoms with Gasteiger partial charge in [0, 0.05) is 31.9 Å². The van der Waals surface area contributed by atoms with Gasteiger partial charge in [0.05, 0.1) is 6.54 Å². The van der Waals surface area contributed by atoms with E-state index in [1.165, 1.54) is 34.8 Å². The fourth-order valence-corrected chi connectivity index (χ4v) is 3.97. The number of hydrogen-bond donors (Lipinski definition) is 1. The van der Waals surface area contributed by atoms with E-state index in [2.05, 4.69) is 27.2 Å². The third-order valence-electron chi connectivity index (χ3n) is 4.45. The van der Waals surface area contributed by atoms with E-state index >= 15 is 0 Å². The van der Waals surface area contributed by atoms with Crippen LogP contribution >= 0.6 is 11.3 Å². The number of aryl methyl sites for hydroxylation is 1. The first-order valence-electron chi connectivity index (χ1n) is 9.17. The number of likely N-dealkylation sites (tertiary alicyclic amines) is 1. The zero-order chi connectivity index (χ0) is 18.5. The predicted molar refractivity (Wildman–Crippen MR) is 103 cm³/mol. The van der Waals surface area contributed by atoms with Crippen molar-refractivity contribution in [2.45, 2.75) is 32.6 Å². The van der Waals surface area contributed by atoms with Crippen molar-refractivity contribution in [3.8, 4) is 0 Å². The van der Waals surface area contributed by atoms with Crippen molar-refractivity contribution in [3.05, 3.63) is 22.1 Å². The maximum Gasteiger partial charge on any atom is 0.275 e. The first-order chi connectivity index (χ1) is 12.6. The van der Waals surface area contributed by atoms with Gasteiger partial charge in [0.2, 0.25) is 16.0 Å². The number of hydrogen-bond acceptors (Lipinski definition) is 7. The van der Waals surface area contributed by atoms with Gasteiger partial charge in [-0.1, -0.05) is 24.7 Å². The Morgan fingerprint density at radius 1 is 1.38 bits per heavy atom. The average Bonchev–Trinajstić information content (AvgIpc) is 3.24. The van der Waals surface area contributed by atoms with Crippen LogP contribution in [0.2, 0.25) is 0 Å². The number of fused-ring (bicyclic) bond motifs is 1. The van der Waals surface area contributed by atoms with Gasteiger partial charge in [-0.25, -0.2) is 4.98 Å². The number of nitrogens with one attached hydrogen (secondary N) is 1. The van der Waals surface area contributed by atoms with Gasteiger partial charge in [-0.2, -0.15) is 4.52 Å². The Kier molecular flexibility index (Phi) is 6.20. The molecular weight excluding hydrogens is 352 g/mol. The van der Waals surface area contributed by atoms with Gasteiger partial charge < -0.3 is 15.1 Å². The van der Waals surface area contributed by atoms with Crippen LogP contribution in [0.1, 0.15) is 31.9 Å². The molecule has 2 aromatic heterocycles. The van der Waals surface area contributed by atoms with Crippen molar-refractivity contribution in [1.29, 1.82) is 0 Å². The summed E-state index contributed by atoms with van der Waals surface area (Å²) in [6.07, 6.45) is 4.21. The molecule has 0 radical (unpaired) electrons. The molecule has 1 N–H and O–H groups in total. The summed E-state index contributed by atoms with van der Waals surface area (Å²) in [6.45, 7) is 6.07. The number of likely N-dealkylation sites (N-methyl/N-ethyl adjacent to an activating group) is 1. The smallest absolute Gasteiger partial charge is 0.275 e. The van der Waals surface area contributed by atoms with Crippen LogP contribution in [0.5, 0.6) is 0 Å². The lowest BCUT2D eigenvalue weighted by Crippen LogP contribution is -2.39. The van der Waals surface area contributed by atoms with E-state index in [0.717, 1.165) is 38.2 Å². The fraction of sp³-hybridized carbons (Fsp3) is 0.647. The van der Waals surface area contributed by atoms with Crippen molar-refractivity contribution >= 4 is 27.3 Å². The average molecular weight is 379 g/mol. The van der Waals surface area contributed by atoms with E-state index < -0.39 is 0 Å². The van der Waals surface area contributed by atoms with Crippen LogP contribution in [0.3, 0.4) is 0 Å². The SMILES string of the molecule is CCCc1cc(=O)n2nc(N(C)CC(=O)NCCN3CCCC3)sc2n1. The van der Waals surface area contributed by atoms with Crippen LogP contribution in [0.15, 0.2) is 10.9 Å². The van der Waals surface area contributed by atoms with E-state index in [1.54, 1.807) is 11.9 Å². The standard InChI is InChI=1S/C17H26N6O2S/c1-3-6-13-11-15(25)23-16(19-13)26-17(20-23)21(2)12-14(24)18-7-10-22-8-4-5-9-22/h11H,3-10,12H2,1-2H3,(H,18,24). The Balaban J connectivity index is 1.58. The monoisotopic (exact) mass is 378 g/mol. The molecule has 0 atom stereocenters. The Bertz CT molecular complexity index is 811. The molecule has 1 saturated heterocycles. The highest BCUT2D eigenvalue weighted by Gasteiger charge is 2.15. The lowest BCUT2D eigenvalue weighted by atomic mass is 10.2. The zero-order valence-electron chi connectivity index (χ0n) is 15.4. The highest BCUT2D eigenvalue weighted by molar-refractivity contribution is 7.20. The molecule has 2 aromatic rings. The highest BCUT2D eigenvalue weighted by atomic mass is 32.1. The number of carbonyl (C=O) groups is 1. The van der Waals surface area contributed by atoms with E-state index in [-0.39, 0.29) is 18.0 Å². The molecule has 1 fully saturated rings. The van der Waals surface area contributed by atoms with Crippen molar-refractivity contribution in [1.82, 2.24) is 24.8 Å². The second kappa shape index (κ2) is 8.59. The van der Waals surface area contributed by atoms with Gasteiger partial charge in [-0.3, -0.25) is 9.59 Å². The molecule has 0 aromatic carbocycles. The van der Waals surface area contributed by atoms with Crippen LogP contribution in [-0.2, 0) is 11.2 Å². The Labute approximate surface area is 156 Å². The molecule has 0 bridgehead atoms. The van der Waals surface area contributed by atoms with Crippen LogP contribution in [0.25, 0.3) is 4.96 Å². The molecule has 1 aliphatic heterocycles. The van der Waals surface area contributed by atoms with E-state index in [9.17, 15) is 9.59 Å². The number of nitrogens with zero attached hydrogens (tertiary/aromatic N) is 5. The van der Waals surface area contributed by atoms with Gasteiger partial charge in [-0.05, 0) is 32.4 Å². The summed E-state index contributed by atoms with van der Waals surface area (Å²) in [6, 6.07) is 1.53. The van der Waals surface area contributed by atoms with Gasteiger partial charge in [0.1, 0.15) is 0 Å². The van der Waals surface area contributed by atoms with Crippen molar-refractivity contribution < 1.29 is 4.79 Å². The maximum atomic E-state index is 12.2. The largest absolute Gasteiger partial charge is 0.353 e. The molecule has 3 heterocycles. The second-order valence-electron chi connectivity index (χ2n) is 6.67. The summed E-state index contributed by atoms with van der Waals surface area (Å²) in [5.74, 6) is -0.0436. The summed E-state index contributed by atoms with van der Waals surface area (Å²) in [5, 5.41) is 7.87. The molecule has 8 nitrogen and oxygen atoms in total. The van der Waals surface area contributed by atoms with Gasteiger partial charge >= 0.3 is 0 Å². The number of aromatic nitrogens is 3. The highest BCUT2D eigenvalue weighted by Crippen LogP contribution is 2.20. The van der Waals surface area contributed by atoms with Crippen molar-refractivity contribution in [2.24, 2.45) is 0 Å². The fourth-order valence-electron chi connectivity index (χ4n) is 3.08. The number of carbonyl (C=O) groups excluding carboxylic acids is 1. The minimum Gasteiger partial charge on any atom is -0.353 e. The first kappa shape index (κ1) is 18.8. The number of anilines is 1. The quantitative estimate of drug-likeness (QED) is 0.730. The molecule has 0 spiro atoms. The van der Waals surface area contributed by atoms with Crippen LogP contribution in [-0.4, -0.2) is 65.2 Å². The normalized spacial score (nSPS) is 14.8. The molecule has 26 heavy (non-hydrogen) atoms. The van der Waals surface area contributed by atoms with Crippen LogP contribution in [0, 0.1) is 0 Å². The minimum atomic E-state index is -0.176. The molecule has 1 amide bonds. The summed E-state index contributed by atoms with van der Waals surface area (Å²) < 4.78 is 1.31. The lowest BCUT2D eigenvalue weighted by Gasteiger charge is -2.17. The van der Waals surface area contributed by atoms with Crippen LogP contribution in [0.4, 0.5) is 5.13 Å². The Morgan fingerprint density at radius 2 is 2.15 bits per heavy atom. The molecule has 0 unspecified atom stereocenters. The zero-order valence-corrected chi connectivity index (χ0v) is 16.2. The third kappa shape index (κ3) is 4.59. The number of rotatable bonds is 8. The van der Waals surface area contributed by atoms with E-state index in [0.29, 0.717) is 16.6 Å². The molecular formula is C17H26N6O2S. The van der Waals surface area contributed by atoms with E-state index in [4.69, 9.17) is 0 Å². The minimum absolute atomic E-state index is 0.0436. The first-order valence-corrected chi connectivity index (χ1v) is 9.98. The Morgan fingerprint density at radius 3 is 2.88 bits per heavy atom. The van der Waals surface area contributed by atoms with Crippen molar-refractivity contribution in [3.63, 3.8) is 0 Å². The molecule has 1 aliphatic rings. The predicted octanol–water partition coefficient (Wildman–Crippen LogP) is 0.752. The van der Waals surface area contributed by atoms with Gasteiger partial charge in [0.25, 0.3) is 5.56 Å². The molecule has 0 saturated carbocycles. The molecule has 3 rings (SSSR count). The number of amides is 1. The molecule has 9 heteroatoms. The molecule has 142 valence electrons. The second-order valence-corrected chi connectivity index (χ2v) is 7.60. The van der Waals surface area contributed by atoms with Crippen molar-refractivity contribution in [2.75, 3.05) is 44.7 Å².